The molecular weight excluding hydrogens is 496 g/mol. The number of methoxy groups -OCH3 is 1. The van der Waals surface area contributed by atoms with Gasteiger partial charge in [-0.15, -0.1) is 0 Å². The Bertz CT molecular complexity index is 1290. The standard InChI is InChI=1S/C30H38N4O5/c1-8-30(5,6)32-29(37)28(22-9-11-24(38-7)12-10-22)34(23-16-19(2)15-20(3)17-23)27(36)14-13-26(35)31-25-18-21(4)39-33-25/h9-12,15-18,28H,8,13-14H2,1-7H3,(H,32,37)(H,31,33,35). The molecule has 3 amide bonds. The monoisotopic (exact) mass is 534 g/mol. The lowest BCUT2D eigenvalue weighted by Gasteiger charge is -2.35. The van der Waals surface area contributed by atoms with E-state index >= 15 is 0 Å². The first-order chi connectivity index (χ1) is 18.4. The molecule has 0 aliphatic heterocycles. The number of ether oxygens (including phenoxy) is 1. The molecular formula is C30H38N4O5. The molecule has 1 atom stereocenters. The third-order valence-electron chi connectivity index (χ3n) is 6.50. The summed E-state index contributed by atoms with van der Waals surface area (Å²) in [4.78, 5) is 41.9. The first-order valence-corrected chi connectivity index (χ1v) is 13.0. The van der Waals surface area contributed by atoms with E-state index in [0.717, 1.165) is 11.1 Å². The minimum Gasteiger partial charge on any atom is -0.497 e. The van der Waals surface area contributed by atoms with Crippen LogP contribution in [0.3, 0.4) is 0 Å². The van der Waals surface area contributed by atoms with E-state index in [0.29, 0.717) is 29.2 Å². The van der Waals surface area contributed by atoms with Gasteiger partial charge in [-0.1, -0.05) is 30.3 Å². The molecule has 208 valence electrons. The van der Waals surface area contributed by atoms with Crippen LogP contribution in [0.1, 0.15) is 68.5 Å². The number of rotatable bonds is 11. The van der Waals surface area contributed by atoms with Crippen molar-refractivity contribution >= 4 is 29.2 Å². The molecule has 9 nitrogen and oxygen atoms in total. The number of anilines is 2. The molecule has 0 bridgehead atoms. The van der Waals surface area contributed by atoms with Crippen LogP contribution in [-0.2, 0) is 14.4 Å². The topological polar surface area (TPSA) is 114 Å². The normalized spacial score (nSPS) is 12.0. The van der Waals surface area contributed by atoms with Crippen molar-refractivity contribution in [3.63, 3.8) is 0 Å². The van der Waals surface area contributed by atoms with Crippen molar-refractivity contribution in [2.24, 2.45) is 0 Å². The maximum absolute atomic E-state index is 13.9. The maximum Gasteiger partial charge on any atom is 0.248 e. The highest BCUT2D eigenvalue weighted by atomic mass is 16.5. The van der Waals surface area contributed by atoms with Gasteiger partial charge in [-0.3, -0.25) is 19.3 Å². The second kappa shape index (κ2) is 12.6. The lowest BCUT2D eigenvalue weighted by atomic mass is 9.97. The number of hydrogen-bond acceptors (Lipinski definition) is 6. The molecule has 0 fully saturated rings. The summed E-state index contributed by atoms with van der Waals surface area (Å²) >= 11 is 0. The van der Waals surface area contributed by atoms with Gasteiger partial charge in [-0.2, -0.15) is 0 Å². The Morgan fingerprint density at radius 2 is 1.64 bits per heavy atom. The number of aryl methyl sites for hydroxylation is 3. The van der Waals surface area contributed by atoms with Gasteiger partial charge in [0.25, 0.3) is 0 Å². The lowest BCUT2D eigenvalue weighted by molar-refractivity contribution is -0.128. The fraction of sp³-hybridized carbons (Fsp3) is 0.400. The van der Waals surface area contributed by atoms with E-state index in [1.165, 1.54) is 4.90 Å². The molecule has 0 saturated heterocycles. The van der Waals surface area contributed by atoms with Crippen molar-refractivity contribution in [2.45, 2.75) is 72.4 Å². The van der Waals surface area contributed by atoms with Gasteiger partial charge in [0.2, 0.25) is 17.7 Å². The summed E-state index contributed by atoms with van der Waals surface area (Å²) in [5.41, 5.74) is 2.61. The van der Waals surface area contributed by atoms with E-state index in [4.69, 9.17) is 9.26 Å². The van der Waals surface area contributed by atoms with Crippen LogP contribution in [0.25, 0.3) is 0 Å². The fourth-order valence-electron chi connectivity index (χ4n) is 4.19. The molecule has 0 radical (unpaired) electrons. The third kappa shape index (κ3) is 7.92. The zero-order valence-electron chi connectivity index (χ0n) is 23.8. The number of nitrogens with zero attached hydrogens (tertiary/aromatic N) is 2. The molecule has 3 rings (SSSR count). The first kappa shape index (κ1) is 29.4. The zero-order valence-corrected chi connectivity index (χ0v) is 23.8. The number of nitrogens with one attached hydrogen (secondary N) is 2. The molecule has 1 heterocycles. The van der Waals surface area contributed by atoms with Gasteiger partial charge in [-0.25, -0.2) is 0 Å². The molecule has 2 N–H and O–H groups in total. The smallest absolute Gasteiger partial charge is 0.248 e. The van der Waals surface area contributed by atoms with E-state index in [2.05, 4.69) is 15.8 Å². The molecule has 0 spiro atoms. The minimum absolute atomic E-state index is 0.0938. The van der Waals surface area contributed by atoms with Gasteiger partial charge in [-0.05, 0) is 82.0 Å². The van der Waals surface area contributed by atoms with Gasteiger partial charge in [0.05, 0.1) is 7.11 Å². The summed E-state index contributed by atoms with van der Waals surface area (Å²) in [6, 6.07) is 13.5. The third-order valence-corrected chi connectivity index (χ3v) is 6.50. The number of carbonyl (C=O) groups excluding carboxylic acids is 3. The van der Waals surface area contributed by atoms with E-state index in [1.54, 1.807) is 44.4 Å². The van der Waals surface area contributed by atoms with E-state index in [9.17, 15) is 14.4 Å². The average Bonchev–Trinajstić information content (AvgIpc) is 3.29. The van der Waals surface area contributed by atoms with Gasteiger partial charge in [0.15, 0.2) is 5.82 Å². The van der Waals surface area contributed by atoms with Gasteiger partial charge < -0.3 is 19.9 Å². The van der Waals surface area contributed by atoms with Crippen molar-refractivity contribution in [2.75, 3.05) is 17.3 Å². The Labute approximate surface area is 229 Å². The predicted octanol–water partition coefficient (Wildman–Crippen LogP) is 5.41. The summed E-state index contributed by atoms with van der Waals surface area (Å²) in [5, 5.41) is 9.51. The molecule has 0 saturated carbocycles. The highest BCUT2D eigenvalue weighted by Crippen LogP contribution is 2.32. The Hall–Kier alpha value is -4.14. The van der Waals surface area contributed by atoms with Crippen molar-refractivity contribution in [3.05, 3.63) is 71.0 Å². The van der Waals surface area contributed by atoms with Crippen LogP contribution in [0.5, 0.6) is 5.75 Å². The van der Waals surface area contributed by atoms with Crippen LogP contribution in [0.4, 0.5) is 11.5 Å². The second-order valence-corrected chi connectivity index (χ2v) is 10.4. The molecule has 2 aromatic carbocycles. The Morgan fingerprint density at radius 3 is 2.18 bits per heavy atom. The SMILES string of the molecule is CCC(C)(C)NC(=O)C(c1ccc(OC)cc1)N(C(=O)CCC(=O)Nc1cc(C)on1)c1cc(C)cc(C)c1. The van der Waals surface area contributed by atoms with Crippen molar-refractivity contribution in [1.29, 1.82) is 0 Å². The highest BCUT2D eigenvalue weighted by Gasteiger charge is 2.35. The maximum atomic E-state index is 13.9. The summed E-state index contributed by atoms with van der Waals surface area (Å²) in [5.74, 6) is 0.420. The Kier molecular flexibility index (Phi) is 9.51. The number of benzene rings is 2. The van der Waals surface area contributed by atoms with E-state index < -0.39 is 11.6 Å². The molecule has 0 aliphatic carbocycles. The van der Waals surface area contributed by atoms with Gasteiger partial charge >= 0.3 is 0 Å². The molecule has 39 heavy (non-hydrogen) atoms. The average molecular weight is 535 g/mol. The Morgan fingerprint density at radius 1 is 1.00 bits per heavy atom. The fourth-order valence-corrected chi connectivity index (χ4v) is 4.19. The lowest BCUT2D eigenvalue weighted by Crippen LogP contribution is -2.50. The van der Waals surface area contributed by atoms with Crippen LogP contribution in [0.15, 0.2) is 53.1 Å². The van der Waals surface area contributed by atoms with E-state index in [1.807, 2.05) is 52.8 Å². The Balaban J connectivity index is 2.01. The predicted molar refractivity (Wildman–Crippen MR) is 151 cm³/mol. The van der Waals surface area contributed by atoms with Crippen molar-refractivity contribution < 1.29 is 23.6 Å². The van der Waals surface area contributed by atoms with Crippen molar-refractivity contribution in [3.8, 4) is 5.75 Å². The first-order valence-electron chi connectivity index (χ1n) is 13.0. The van der Waals surface area contributed by atoms with Crippen LogP contribution in [-0.4, -0.2) is 35.5 Å². The zero-order chi connectivity index (χ0) is 28.7. The summed E-state index contributed by atoms with van der Waals surface area (Å²) < 4.78 is 10.3. The molecule has 1 unspecified atom stereocenters. The van der Waals surface area contributed by atoms with Crippen LogP contribution >= 0.6 is 0 Å². The second-order valence-electron chi connectivity index (χ2n) is 10.4. The number of aromatic nitrogens is 1. The highest BCUT2D eigenvalue weighted by molar-refractivity contribution is 6.03. The molecule has 3 aromatic rings. The van der Waals surface area contributed by atoms with Crippen LogP contribution in [0, 0.1) is 20.8 Å². The quantitative estimate of drug-likeness (QED) is 0.340. The van der Waals surface area contributed by atoms with Crippen molar-refractivity contribution in [1.82, 2.24) is 10.5 Å². The van der Waals surface area contributed by atoms with E-state index in [-0.39, 0.29) is 36.4 Å². The van der Waals surface area contributed by atoms with Gasteiger partial charge in [0.1, 0.15) is 17.6 Å². The van der Waals surface area contributed by atoms with Crippen LogP contribution < -0.4 is 20.3 Å². The summed E-state index contributed by atoms with van der Waals surface area (Å²) in [6.07, 6.45) is 0.490. The number of amides is 3. The number of hydrogen-bond donors (Lipinski definition) is 2. The van der Waals surface area contributed by atoms with Gasteiger partial charge in [0, 0.05) is 30.1 Å². The van der Waals surface area contributed by atoms with Crippen LogP contribution in [0.2, 0.25) is 0 Å². The largest absolute Gasteiger partial charge is 0.497 e. The number of carbonyl (C=O) groups is 3. The molecule has 9 heteroatoms. The minimum atomic E-state index is -0.975. The summed E-state index contributed by atoms with van der Waals surface area (Å²) in [6.45, 7) is 11.5. The molecule has 1 aromatic heterocycles. The molecule has 0 aliphatic rings. The summed E-state index contributed by atoms with van der Waals surface area (Å²) in [7, 11) is 1.57.